The number of urea groups is 1. The molecule has 3 heterocycles. The van der Waals surface area contributed by atoms with Gasteiger partial charge in [-0.1, -0.05) is 6.07 Å². The van der Waals surface area contributed by atoms with Crippen LogP contribution in [-0.4, -0.2) is 61.4 Å². The molecule has 2 aromatic heterocycles. The van der Waals surface area contributed by atoms with Crippen molar-refractivity contribution in [1.82, 2.24) is 23.9 Å². The lowest BCUT2D eigenvalue weighted by molar-refractivity contribution is 0.0537. The van der Waals surface area contributed by atoms with Crippen molar-refractivity contribution in [2.24, 2.45) is 5.92 Å². The van der Waals surface area contributed by atoms with Gasteiger partial charge in [0.2, 0.25) is 0 Å². The molecular formula is C35H41FN6O6. The Morgan fingerprint density at radius 1 is 1.02 bits per heavy atom. The molecule has 254 valence electrons. The van der Waals surface area contributed by atoms with Crippen LogP contribution in [0.5, 0.6) is 0 Å². The molecule has 12 nitrogen and oxygen atoms in total. The zero-order valence-corrected chi connectivity index (χ0v) is 27.8. The predicted molar refractivity (Wildman–Crippen MR) is 180 cm³/mol. The fourth-order valence-electron chi connectivity index (χ4n) is 6.16. The Balaban J connectivity index is 1.15. The summed E-state index contributed by atoms with van der Waals surface area (Å²) in [5.74, 6) is -0.815. The molecule has 1 saturated carbocycles. The maximum atomic E-state index is 15.4. The van der Waals surface area contributed by atoms with E-state index < -0.39 is 34.8 Å². The van der Waals surface area contributed by atoms with Crippen LogP contribution in [-0.2, 0) is 11.3 Å². The van der Waals surface area contributed by atoms with E-state index in [0.717, 1.165) is 24.3 Å². The number of hydrogen-bond acceptors (Lipinski definition) is 6. The summed E-state index contributed by atoms with van der Waals surface area (Å²) in [5, 5.41) is 7.22. The van der Waals surface area contributed by atoms with Crippen molar-refractivity contribution < 1.29 is 23.5 Å². The number of amides is 3. The quantitative estimate of drug-likeness (QED) is 0.282. The molecule has 2 aliphatic rings. The van der Waals surface area contributed by atoms with Crippen LogP contribution in [0.2, 0.25) is 0 Å². The van der Waals surface area contributed by atoms with Gasteiger partial charge in [-0.15, -0.1) is 0 Å². The molecule has 13 heteroatoms. The monoisotopic (exact) mass is 660 g/mol. The number of carbonyl (C=O) groups excluding carboxylic acids is 3. The normalized spacial score (nSPS) is 16.8. The van der Waals surface area contributed by atoms with Crippen LogP contribution in [0.25, 0.3) is 21.7 Å². The van der Waals surface area contributed by atoms with Gasteiger partial charge in [-0.2, -0.15) is 0 Å². The van der Waals surface area contributed by atoms with Gasteiger partial charge in [0.15, 0.2) is 0 Å². The Kier molecular flexibility index (Phi) is 8.65. The van der Waals surface area contributed by atoms with E-state index in [9.17, 15) is 24.0 Å². The van der Waals surface area contributed by atoms with Gasteiger partial charge in [-0.25, -0.2) is 18.8 Å². The van der Waals surface area contributed by atoms with Crippen molar-refractivity contribution in [2.45, 2.75) is 84.5 Å². The summed E-state index contributed by atoms with van der Waals surface area (Å²) >= 11 is 0. The van der Waals surface area contributed by atoms with Crippen molar-refractivity contribution in [2.75, 3.05) is 18.4 Å². The fraction of sp³-hybridized carbons (Fsp3) is 0.457. The Morgan fingerprint density at radius 3 is 2.44 bits per heavy atom. The molecule has 0 radical (unpaired) electrons. The Morgan fingerprint density at radius 2 is 1.75 bits per heavy atom. The third kappa shape index (κ3) is 6.85. The number of nitrogens with one attached hydrogen (secondary N) is 2. The summed E-state index contributed by atoms with van der Waals surface area (Å²) in [4.78, 5) is 67.1. The molecule has 2 N–H and O–H groups in total. The number of benzene rings is 2. The van der Waals surface area contributed by atoms with E-state index in [1.807, 2.05) is 0 Å². The van der Waals surface area contributed by atoms with Gasteiger partial charge in [0.1, 0.15) is 11.4 Å². The Labute approximate surface area is 276 Å². The summed E-state index contributed by atoms with van der Waals surface area (Å²) in [6, 6.07) is 6.33. The van der Waals surface area contributed by atoms with Crippen molar-refractivity contribution in [1.29, 1.82) is 0 Å². The first kappa shape index (κ1) is 33.0. The molecule has 1 aliphatic heterocycles. The number of piperidine rings is 1. The second kappa shape index (κ2) is 12.6. The van der Waals surface area contributed by atoms with Crippen molar-refractivity contribution in [3.8, 4) is 0 Å². The summed E-state index contributed by atoms with van der Waals surface area (Å²) in [6.07, 6.45) is 5.90. The Bertz CT molecular complexity index is 2050. The van der Waals surface area contributed by atoms with Gasteiger partial charge in [0.25, 0.3) is 11.5 Å². The Hall–Kier alpha value is -4.94. The first-order chi connectivity index (χ1) is 22.7. The van der Waals surface area contributed by atoms with E-state index in [1.54, 1.807) is 65.2 Å². The number of ether oxygens (including phenoxy) is 1. The van der Waals surface area contributed by atoms with Gasteiger partial charge in [-0.3, -0.25) is 23.3 Å². The van der Waals surface area contributed by atoms with E-state index >= 15 is 4.39 Å². The highest BCUT2D eigenvalue weighted by Crippen LogP contribution is 2.30. The zero-order chi connectivity index (χ0) is 34.5. The lowest BCUT2D eigenvalue weighted by Gasteiger charge is -2.33. The molecule has 1 saturated heterocycles. The van der Waals surface area contributed by atoms with Crippen molar-refractivity contribution >= 4 is 45.4 Å². The highest BCUT2D eigenvalue weighted by Gasteiger charge is 2.28. The molecule has 2 aromatic carbocycles. The minimum absolute atomic E-state index is 0.155. The lowest BCUT2D eigenvalue weighted by atomic mass is 10.0. The highest BCUT2D eigenvalue weighted by molar-refractivity contribution is 5.99. The van der Waals surface area contributed by atoms with Gasteiger partial charge < -0.3 is 20.3 Å². The third-order valence-electron chi connectivity index (χ3n) is 8.71. The van der Waals surface area contributed by atoms with Crippen LogP contribution in [0, 0.1) is 11.7 Å². The molecule has 3 amide bonds. The molecule has 1 unspecified atom stereocenters. The summed E-state index contributed by atoms with van der Waals surface area (Å²) in [6.45, 7) is 9.87. The zero-order valence-electron chi connectivity index (χ0n) is 27.8. The molecule has 4 aromatic rings. The second-order valence-electron chi connectivity index (χ2n) is 14.1. The minimum atomic E-state index is -0.762. The van der Waals surface area contributed by atoms with Crippen LogP contribution >= 0.6 is 0 Å². The van der Waals surface area contributed by atoms with Crippen molar-refractivity contribution in [3.05, 3.63) is 74.9 Å². The maximum Gasteiger partial charge on any atom is 0.418 e. The SMILES string of the molecule is CC(C)n1c(=O)n(CC2CC2)c(=O)c2cc(NC(=O)N3CCCC(NC(=O)c4ccc5cn(C(=O)OC(C)(C)C)cc5c4)C3)c(F)cc21. The molecule has 2 fully saturated rings. The number of aromatic nitrogens is 3. The maximum absolute atomic E-state index is 15.4. The number of carbonyl (C=O) groups is 3. The minimum Gasteiger partial charge on any atom is -0.443 e. The summed E-state index contributed by atoms with van der Waals surface area (Å²) in [7, 11) is 0. The van der Waals surface area contributed by atoms with Crippen LogP contribution in [0.15, 0.2) is 52.3 Å². The lowest BCUT2D eigenvalue weighted by Crippen LogP contribution is -2.50. The largest absolute Gasteiger partial charge is 0.443 e. The second-order valence-corrected chi connectivity index (χ2v) is 14.1. The molecule has 0 spiro atoms. The van der Waals surface area contributed by atoms with E-state index in [1.165, 1.54) is 24.7 Å². The number of nitrogens with zero attached hydrogens (tertiary/aromatic N) is 4. The van der Waals surface area contributed by atoms with E-state index in [2.05, 4.69) is 10.6 Å². The number of rotatable bonds is 6. The number of halogens is 1. The standard InChI is InChI=1S/C35H41FN6O6/c1-20(2)42-29-15-27(36)28(14-26(29)31(44)41(33(42)46)16-21-8-9-21)38-32(45)39-12-6-7-25(19-39)37-30(43)22-10-11-23-17-40(18-24(23)13-22)34(47)48-35(3,4)5/h10-11,13-15,17-18,20-21,25H,6-9,12,16,19H2,1-5H3,(H,37,43)(H,38,45). The number of likely N-dealkylation sites (tertiary alicyclic amines) is 1. The van der Waals surface area contributed by atoms with E-state index in [-0.39, 0.29) is 47.0 Å². The highest BCUT2D eigenvalue weighted by atomic mass is 19.1. The molecule has 48 heavy (non-hydrogen) atoms. The predicted octanol–water partition coefficient (Wildman–Crippen LogP) is 5.46. The molecule has 0 bridgehead atoms. The molecule has 1 atom stereocenters. The number of anilines is 1. The van der Waals surface area contributed by atoms with Crippen LogP contribution in [0.4, 0.5) is 19.7 Å². The fourth-order valence-corrected chi connectivity index (χ4v) is 6.16. The van der Waals surface area contributed by atoms with Gasteiger partial charge >= 0.3 is 17.8 Å². The first-order valence-corrected chi connectivity index (χ1v) is 16.4. The number of fused-ring (bicyclic) bond motifs is 2. The topological polar surface area (TPSA) is 137 Å². The summed E-state index contributed by atoms with van der Waals surface area (Å²) in [5.41, 5.74) is -1.19. The van der Waals surface area contributed by atoms with Crippen molar-refractivity contribution in [3.63, 3.8) is 0 Å². The average Bonchev–Trinajstić information content (AvgIpc) is 3.73. The molecular weight excluding hydrogens is 619 g/mol. The van der Waals surface area contributed by atoms with E-state index in [0.29, 0.717) is 36.9 Å². The van der Waals surface area contributed by atoms with Gasteiger partial charge in [-0.05, 0) is 84.4 Å². The molecule has 6 rings (SSSR count). The third-order valence-corrected chi connectivity index (χ3v) is 8.71. The van der Waals surface area contributed by atoms with Crippen LogP contribution in [0.1, 0.15) is 76.7 Å². The van der Waals surface area contributed by atoms with E-state index in [4.69, 9.17) is 4.74 Å². The summed E-state index contributed by atoms with van der Waals surface area (Å²) < 4.78 is 24.8. The number of hydrogen-bond donors (Lipinski definition) is 2. The molecule has 1 aliphatic carbocycles. The first-order valence-electron chi connectivity index (χ1n) is 16.4. The van der Waals surface area contributed by atoms with Gasteiger partial charge in [0, 0.05) is 66.5 Å². The van der Waals surface area contributed by atoms with Crippen LogP contribution in [0.3, 0.4) is 0 Å². The van der Waals surface area contributed by atoms with Gasteiger partial charge in [0.05, 0.1) is 16.6 Å². The smallest absolute Gasteiger partial charge is 0.418 e. The van der Waals surface area contributed by atoms with Crippen LogP contribution < -0.4 is 21.9 Å². The average molecular weight is 661 g/mol.